The number of carbonyl (C=O) groups excluding carboxylic acids is 2. The summed E-state index contributed by atoms with van der Waals surface area (Å²) >= 11 is 0. The minimum atomic E-state index is -0.281. The normalized spacial score (nSPS) is 17.4. The highest BCUT2D eigenvalue weighted by atomic mass is 16.5. The Balaban J connectivity index is 1.87. The van der Waals surface area contributed by atoms with E-state index in [1.807, 2.05) is 24.3 Å². The van der Waals surface area contributed by atoms with Crippen molar-refractivity contribution in [2.24, 2.45) is 5.92 Å². The summed E-state index contributed by atoms with van der Waals surface area (Å²) in [6.45, 7) is 8.04. The largest absolute Gasteiger partial charge is 0.497 e. The number of likely N-dealkylation sites (N-methyl/N-ethyl adjacent to an activating group) is 1. The van der Waals surface area contributed by atoms with Crippen molar-refractivity contribution in [3.8, 4) is 5.75 Å². The zero-order valence-corrected chi connectivity index (χ0v) is 14.7. The molecule has 0 aromatic heterocycles. The van der Waals surface area contributed by atoms with Gasteiger partial charge in [-0.1, -0.05) is 13.8 Å². The van der Waals surface area contributed by atoms with Gasteiger partial charge in [-0.2, -0.15) is 0 Å². The standard InChI is InChI=1S/C18H27N3O3/c1-4-20(5-2)11-10-19-18(23)14-12-17(22)21(13-14)15-6-8-16(24-3)9-7-15/h6-9,14H,4-5,10-13H2,1-3H3,(H,19,23)/t14-/m0/s1. The van der Waals surface area contributed by atoms with Crippen molar-refractivity contribution in [3.63, 3.8) is 0 Å². The first-order valence-corrected chi connectivity index (χ1v) is 8.53. The van der Waals surface area contributed by atoms with E-state index in [2.05, 4.69) is 24.1 Å². The highest BCUT2D eigenvalue weighted by Crippen LogP contribution is 2.26. The summed E-state index contributed by atoms with van der Waals surface area (Å²) in [5.74, 6) is 0.419. The monoisotopic (exact) mass is 333 g/mol. The fraction of sp³-hybridized carbons (Fsp3) is 0.556. The van der Waals surface area contributed by atoms with E-state index in [0.29, 0.717) is 13.1 Å². The molecule has 2 rings (SSSR count). The molecule has 1 fully saturated rings. The molecule has 1 N–H and O–H groups in total. The van der Waals surface area contributed by atoms with Crippen LogP contribution in [0.2, 0.25) is 0 Å². The Morgan fingerprint density at radius 3 is 2.54 bits per heavy atom. The van der Waals surface area contributed by atoms with E-state index in [1.165, 1.54) is 0 Å². The molecule has 1 saturated heterocycles. The van der Waals surface area contributed by atoms with Crippen molar-refractivity contribution in [3.05, 3.63) is 24.3 Å². The fourth-order valence-corrected chi connectivity index (χ4v) is 2.92. The quantitative estimate of drug-likeness (QED) is 0.783. The van der Waals surface area contributed by atoms with E-state index in [4.69, 9.17) is 4.74 Å². The van der Waals surface area contributed by atoms with E-state index in [0.717, 1.165) is 31.1 Å². The van der Waals surface area contributed by atoms with Crippen molar-refractivity contribution in [2.45, 2.75) is 20.3 Å². The molecular weight excluding hydrogens is 306 g/mol. The SMILES string of the molecule is CCN(CC)CCNC(=O)[C@H]1CC(=O)N(c2ccc(OC)cc2)C1. The average molecular weight is 333 g/mol. The molecule has 6 heteroatoms. The lowest BCUT2D eigenvalue weighted by atomic mass is 10.1. The van der Waals surface area contributed by atoms with Gasteiger partial charge in [0.05, 0.1) is 13.0 Å². The van der Waals surface area contributed by atoms with Gasteiger partial charge < -0.3 is 19.9 Å². The fourth-order valence-electron chi connectivity index (χ4n) is 2.92. The molecule has 1 aromatic rings. The van der Waals surface area contributed by atoms with Crippen molar-refractivity contribution in [1.82, 2.24) is 10.2 Å². The van der Waals surface area contributed by atoms with Gasteiger partial charge in [-0.05, 0) is 37.4 Å². The van der Waals surface area contributed by atoms with Gasteiger partial charge in [0.25, 0.3) is 0 Å². The van der Waals surface area contributed by atoms with Gasteiger partial charge >= 0.3 is 0 Å². The van der Waals surface area contributed by atoms with Crippen LogP contribution in [-0.4, -0.2) is 56.5 Å². The minimum absolute atomic E-state index is 0.0101. The minimum Gasteiger partial charge on any atom is -0.497 e. The lowest BCUT2D eigenvalue weighted by molar-refractivity contribution is -0.126. The number of benzene rings is 1. The third-order valence-corrected chi connectivity index (χ3v) is 4.50. The highest BCUT2D eigenvalue weighted by Gasteiger charge is 2.34. The molecule has 2 amide bonds. The van der Waals surface area contributed by atoms with E-state index in [9.17, 15) is 9.59 Å². The number of amides is 2. The second-order valence-corrected chi connectivity index (χ2v) is 5.92. The van der Waals surface area contributed by atoms with Crippen LogP contribution in [0, 0.1) is 5.92 Å². The first-order valence-electron chi connectivity index (χ1n) is 8.53. The summed E-state index contributed by atoms with van der Waals surface area (Å²) in [6.07, 6.45) is 0.267. The number of ether oxygens (including phenoxy) is 1. The van der Waals surface area contributed by atoms with Crippen LogP contribution >= 0.6 is 0 Å². The van der Waals surface area contributed by atoms with Crippen LogP contribution in [0.25, 0.3) is 0 Å². The zero-order valence-electron chi connectivity index (χ0n) is 14.7. The second-order valence-electron chi connectivity index (χ2n) is 5.92. The number of anilines is 1. The number of rotatable bonds is 8. The lowest BCUT2D eigenvalue weighted by Gasteiger charge is -2.19. The molecule has 0 bridgehead atoms. The smallest absolute Gasteiger partial charge is 0.227 e. The molecule has 1 aliphatic heterocycles. The molecule has 24 heavy (non-hydrogen) atoms. The highest BCUT2D eigenvalue weighted by molar-refractivity contribution is 6.00. The summed E-state index contributed by atoms with van der Waals surface area (Å²) in [5.41, 5.74) is 0.805. The molecule has 0 unspecified atom stereocenters. The van der Waals surface area contributed by atoms with Crippen molar-refractivity contribution in [1.29, 1.82) is 0 Å². The van der Waals surface area contributed by atoms with E-state index >= 15 is 0 Å². The molecule has 0 spiro atoms. The summed E-state index contributed by atoms with van der Waals surface area (Å²) in [7, 11) is 1.61. The van der Waals surface area contributed by atoms with Crippen LogP contribution in [0.5, 0.6) is 5.75 Å². The predicted molar refractivity (Wildman–Crippen MR) is 94.3 cm³/mol. The maximum atomic E-state index is 12.3. The van der Waals surface area contributed by atoms with Crippen LogP contribution in [0.1, 0.15) is 20.3 Å². The molecule has 6 nitrogen and oxygen atoms in total. The van der Waals surface area contributed by atoms with Crippen molar-refractivity contribution in [2.75, 3.05) is 44.7 Å². The zero-order chi connectivity index (χ0) is 17.5. The Morgan fingerprint density at radius 1 is 1.29 bits per heavy atom. The van der Waals surface area contributed by atoms with Crippen LogP contribution in [0.15, 0.2) is 24.3 Å². The maximum absolute atomic E-state index is 12.3. The van der Waals surface area contributed by atoms with Gasteiger partial charge in [0, 0.05) is 31.7 Å². The summed E-state index contributed by atoms with van der Waals surface area (Å²) in [4.78, 5) is 28.5. The molecule has 132 valence electrons. The molecule has 0 radical (unpaired) electrons. The van der Waals surface area contributed by atoms with Gasteiger partial charge in [0.2, 0.25) is 11.8 Å². The molecule has 1 heterocycles. The van der Waals surface area contributed by atoms with Crippen LogP contribution < -0.4 is 15.0 Å². The molecule has 0 aliphatic carbocycles. The van der Waals surface area contributed by atoms with Gasteiger partial charge in [-0.3, -0.25) is 9.59 Å². The summed E-state index contributed by atoms with van der Waals surface area (Å²) in [5, 5.41) is 2.96. The maximum Gasteiger partial charge on any atom is 0.227 e. The number of carbonyl (C=O) groups is 2. The Bertz CT molecular complexity index is 555. The van der Waals surface area contributed by atoms with Crippen LogP contribution in [0.4, 0.5) is 5.69 Å². The second kappa shape index (κ2) is 8.68. The van der Waals surface area contributed by atoms with E-state index < -0.39 is 0 Å². The number of nitrogens with one attached hydrogen (secondary N) is 1. The van der Waals surface area contributed by atoms with E-state index in [1.54, 1.807) is 12.0 Å². The van der Waals surface area contributed by atoms with Crippen LogP contribution in [0.3, 0.4) is 0 Å². The molecule has 1 aromatic carbocycles. The summed E-state index contributed by atoms with van der Waals surface area (Å²) in [6, 6.07) is 7.33. The number of hydrogen-bond donors (Lipinski definition) is 1. The number of methoxy groups -OCH3 is 1. The third-order valence-electron chi connectivity index (χ3n) is 4.50. The Hall–Kier alpha value is -2.08. The summed E-state index contributed by atoms with van der Waals surface area (Å²) < 4.78 is 5.13. The van der Waals surface area contributed by atoms with Crippen LogP contribution in [-0.2, 0) is 9.59 Å². The van der Waals surface area contributed by atoms with Gasteiger partial charge in [0.15, 0.2) is 0 Å². The van der Waals surface area contributed by atoms with Crippen molar-refractivity contribution >= 4 is 17.5 Å². The van der Waals surface area contributed by atoms with Gasteiger partial charge in [0.1, 0.15) is 5.75 Å². The van der Waals surface area contributed by atoms with Gasteiger partial charge in [-0.25, -0.2) is 0 Å². The molecule has 1 aliphatic rings. The molecular formula is C18H27N3O3. The lowest BCUT2D eigenvalue weighted by Crippen LogP contribution is -2.38. The third kappa shape index (κ3) is 4.47. The Kier molecular flexibility index (Phi) is 6.61. The molecule has 1 atom stereocenters. The molecule has 0 saturated carbocycles. The number of hydrogen-bond acceptors (Lipinski definition) is 4. The topological polar surface area (TPSA) is 61.9 Å². The predicted octanol–water partition coefficient (Wildman–Crippen LogP) is 1.51. The average Bonchev–Trinajstić information content (AvgIpc) is 3.00. The van der Waals surface area contributed by atoms with Crippen molar-refractivity contribution < 1.29 is 14.3 Å². The Labute approximate surface area is 143 Å². The van der Waals surface area contributed by atoms with E-state index in [-0.39, 0.29) is 24.2 Å². The first kappa shape index (κ1) is 18.3. The van der Waals surface area contributed by atoms with Gasteiger partial charge in [-0.15, -0.1) is 0 Å². The Morgan fingerprint density at radius 2 is 1.96 bits per heavy atom. The number of nitrogens with zero attached hydrogens (tertiary/aromatic N) is 2. The first-order chi connectivity index (χ1) is 11.6.